The van der Waals surface area contributed by atoms with E-state index in [1.54, 1.807) is 6.07 Å². The van der Waals surface area contributed by atoms with Crippen LogP contribution in [0.4, 0.5) is 17.1 Å². The fraction of sp³-hybridized carbons (Fsp3) is 0.217. The number of nitrogens with one attached hydrogen (secondary N) is 2. The van der Waals surface area contributed by atoms with Gasteiger partial charge in [-0.25, -0.2) is 0 Å². The van der Waals surface area contributed by atoms with E-state index in [2.05, 4.69) is 15.5 Å². The minimum Gasteiger partial charge on any atom is -0.369 e. The zero-order valence-corrected chi connectivity index (χ0v) is 16.1. The lowest BCUT2D eigenvalue weighted by Crippen LogP contribution is -2.43. The number of benzene rings is 3. The van der Waals surface area contributed by atoms with Gasteiger partial charge in [-0.3, -0.25) is 10.1 Å². The Morgan fingerprint density at radius 2 is 1.48 bits per heavy atom. The second-order valence-electron chi connectivity index (χ2n) is 7.09. The second kappa shape index (κ2) is 8.75. The summed E-state index contributed by atoms with van der Waals surface area (Å²) in [4.78, 5) is 13.6. The molecular weight excluding hydrogens is 364 g/mol. The van der Waals surface area contributed by atoms with Gasteiger partial charge in [0.25, 0.3) is 5.69 Å². The van der Waals surface area contributed by atoms with Crippen molar-refractivity contribution in [3.05, 3.63) is 100 Å². The number of hydrogen-bond donors (Lipinski definition) is 2. The van der Waals surface area contributed by atoms with E-state index in [1.165, 1.54) is 0 Å². The summed E-state index contributed by atoms with van der Waals surface area (Å²) in [5.41, 5.74) is 3.73. The molecule has 1 aliphatic heterocycles. The molecule has 0 saturated carbocycles. The average Bonchev–Trinajstić information content (AvgIpc) is 2.79. The monoisotopic (exact) mass is 388 g/mol. The van der Waals surface area contributed by atoms with E-state index in [4.69, 9.17) is 0 Å². The molecule has 1 saturated heterocycles. The van der Waals surface area contributed by atoms with E-state index < -0.39 is 0 Å². The SMILES string of the molecule is O=[N+]([O-])c1ccc(N2CCNCC2)cc1NC(c1ccccc1)c1ccccc1. The molecule has 0 radical (unpaired) electrons. The van der Waals surface area contributed by atoms with Crippen molar-refractivity contribution in [3.63, 3.8) is 0 Å². The van der Waals surface area contributed by atoms with Crippen LogP contribution in [0.25, 0.3) is 0 Å². The van der Waals surface area contributed by atoms with Gasteiger partial charge < -0.3 is 15.5 Å². The molecule has 0 aromatic heterocycles. The fourth-order valence-corrected chi connectivity index (χ4v) is 3.72. The van der Waals surface area contributed by atoms with E-state index in [1.807, 2.05) is 72.8 Å². The van der Waals surface area contributed by atoms with Gasteiger partial charge in [0.15, 0.2) is 0 Å². The third-order valence-corrected chi connectivity index (χ3v) is 5.22. The first-order chi connectivity index (χ1) is 14.2. The van der Waals surface area contributed by atoms with Crippen molar-refractivity contribution in [2.75, 3.05) is 36.4 Å². The summed E-state index contributed by atoms with van der Waals surface area (Å²) >= 11 is 0. The van der Waals surface area contributed by atoms with Crippen LogP contribution in [-0.2, 0) is 0 Å². The summed E-state index contributed by atoms with van der Waals surface area (Å²) in [6, 6.07) is 25.2. The minimum absolute atomic E-state index is 0.0840. The molecule has 6 nitrogen and oxygen atoms in total. The van der Waals surface area contributed by atoms with Gasteiger partial charge in [0.05, 0.1) is 11.0 Å². The molecule has 148 valence electrons. The van der Waals surface area contributed by atoms with Crippen molar-refractivity contribution < 1.29 is 4.92 Å². The molecule has 6 heteroatoms. The molecule has 0 amide bonds. The van der Waals surface area contributed by atoms with E-state index in [-0.39, 0.29) is 16.7 Å². The second-order valence-corrected chi connectivity index (χ2v) is 7.09. The van der Waals surface area contributed by atoms with E-state index in [0.29, 0.717) is 5.69 Å². The predicted octanol–water partition coefficient (Wildman–Crippen LogP) is 4.21. The maximum absolute atomic E-state index is 11.7. The number of piperazine rings is 1. The van der Waals surface area contributed by atoms with Crippen molar-refractivity contribution in [1.29, 1.82) is 0 Å². The van der Waals surface area contributed by atoms with Gasteiger partial charge >= 0.3 is 0 Å². The highest BCUT2D eigenvalue weighted by molar-refractivity contribution is 5.70. The van der Waals surface area contributed by atoms with Gasteiger partial charge in [-0.1, -0.05) is 60.7 Å². The number of anilines is 2. The van der Waals surface area contributed by atoms with Crippen molar-refractivity contribution in [3.8, 4) is 0 Å². The van der Waals surface area contributed by atoms with Gasteiger partial charge in [0, 0.05) is 37.9 Å². The quantitative estimate of drug-likeness (QED) is 0.489. The molecule has 4 rings (SSSR count). The first-order valence-electron chi connectivity index (χ1n) is 9.83. The molecule has 29 heavy (non-hydrogen) atoms. The van der Waals surface area contributed by atoms with Crippen LogP contribution in [0.15, 0.2) is 78.9 Å². The predicted molar refractivity (Wildman–Crippen MR) is 117 cm³/mol. The lowest BCUT2D eigenvalue weighted by molar-refractivity contribution is -0.384. The number of nitro benzene ring substituents is 1. The topological polar surface area (TPSA) is 70.4 Å². The average molecular weight is 388 g/mol. The van der Waals surface area contributed by atoms with Gasteiger partial charge in [0.1, 0.15) is 5.69 Å². The van der Waals surface area contributed by atoms with Crippen LogP contribution in [0.5, 0.6) is 0 Å². The maximum Gasteiger partial charge on any atom is 0.292 e. The zero-order chi connectivity index (χ0) is 20.1. The van der Waals surface area contributed by atoms with Crippen molar-refractivity contribution in [2.24, 2.45) is 0 Å². The summed E-state index contributed by atoms with van der Waals surface area (Å²) in [5.74, 6) is 0. The van der Waals surface area contributed by atoms with E-state index >= 15 is 0 Å². The smallest absolute Gasteiger partial charge is 0.292 e. The van der Waals surface area contributed by atoms with Crippen LogP contribution < -0.4 is 15.5 Å². The highest BCUT2D eigenvalue weighted by Gasteiger charge is 2.22. The van der Waals surface area contributed by atoms with Gasteiger partial charge in [0.2, 0.25) is 0 Å². The summed E-state index contributed by atoms with van der Waals surface area (Å²) < 4.78 is 0. The molecule has 0 aliphatic carbocycles. The number of hydrogen-bond acceptors (Lipinski definition) is 5. The van der Waals surface area contributed by atoms with Gasteiger partial charge in [-0.15, -0.1) is 0 Å². The Bertz CT molecular complexity index is 918. The Morgan fingerprint density at radius 3 is 2.03 bits per heavy atom. The lowest BCUT2D eigenvalue weighted by atomic mass is 9.98. The van der Waals surface area contributed by atoms with Crippen LogP contribution in [0.1, 0.15) is 17.2 Å². The Labute approximate surface area is 170 Å². The molecule has 3 aromatic carbocycles. The van der Waals surface area contributed by atoms with Crippen molar-refractivity contribution in [1.82, 2.24) is 5.32 Å². The fourth-order valence-electron chi connectivity index (χ4n) is 3.72. The van der Waals surface area contributed by atoms with E-state index in [0.717, 1.165) is 43.0 Å². The molecule has 0 bridgehead atoms. The number of nitrogens with zero attached hydrogens (tertiary/aromatic N) is 2. The summed E-state index contributed by atoms with van der Waals surface area (Å²) in [6.07, 6.45) is 0. The Kier molecular flexibility index (Phi) is 5.72. The standard InChI is InChI=1S/C23H24N4O2/c28-27(29)22-12-11-20(26-15-13-24-14-16-26)17-21(22)25-23(18-7-3-1-4-8-18)19-9-5-2-6-10-19/h1-12,17,23-25H,13-16H2. The van der Waals surface area contributed by atoms with Crippen LogP contribution in [0.3, 0.4) is 0 Å². The van der Waals surface area contributed by atoms with Crippen LogP contribution in [-0.4, -0.2) is 31.1 Å². The lowest BCUT2D eigenvalue weighted by Gasteiger charge is -2.30. The summed E-state index contributed by atoms with van der Waals surface area (Å²) in [5, 5.41) is 18.5. The van der Waals surface area contributed by atoms with Crippen LogP contribution in [0, 0.1) is 10.1 Å². The molecule has 0 spiro atoms. The normalized spacial score (nSPS) is 14.0. The Hall–Kier alpha value is -3.38. The molecule has 0 atom stereocenters. The van der Waals surface area contributed by atoms with Gasteiger partial charge in [-0.2, -0.15) is 0 Å². The summed E-state index contributed by atoms with van der Waals surface area (Å²) in [7, 11) is 0. The highest BCUT2D eigenvalue weighted by atomic mass is 16.6. The largest absolute Gasteiger partial charge is 0.369 e. The highest BCUT2D eigenvalue weighted by Crippen LogP contribution is 2.34. The first-order valence-corrected chi connectivity index (χ1v) is 9.83. The van der Waals surface area contributed by atoms with E-state index in [9.17, 15) is 10.1 Å². The minimum atomic E-state index is -0.323. The molecule has 1 aliphatic rings. The number of nitro groups is 1. The third-order valence-electron chi connectivity index (χ3n) is 5.22. The molecule has 1 fully saturated rings. The van der Waals surface area contributed by atoms with Gasteiger partial charge in [-0.05, 0) is 23.3 Å². The maximum atomic E-state index is 11.7. The molecule has 3 aromatic rings. The molecular formula is C23H24N4O2. The van der Waals surface area contributed by atoms with Crippen LogP contribution in [0.2, 0.25) is 0 Å². The molecule has 0 unspecified atom stereocenters. The van der Waals surface area contributed by atoms with Crippen molar-refractivity contribution >= 4 is 17.1 Å². The van der Waals surface area contributed by atoms with Crippen molar-refractivity contribution in [2.45, 2.75) is 6.04 Å². The Morgan fingerprint density at radius 1 is 0.897 bits per heavy atom. The summed E-state index contributed by atoms with van der Waals surface area (Å²) in [6.45, 7) is 3.60. The molecule has 1 heterocycles. The molecule has 2 N–H and O–H groups in total. The first kappa shape index (κ1) is 19.0. The Balaban J connectivity index is 1.73. The zero-order valence-electron chi connectivity index (χ0n) is 16.1. The van der Waals surface area contributed by atoms with Crippen LogP contribution >= 0.6 is 0 Å². The third kappa shape index (κ3) is 4.38. The number of rotatable bonds is 6.